The molecule has 1 aliphatic carbocycles. The number of rotatable bonds is 3. The molecule has 1 aliphatic rings. The monoisotopic (exact) mass is 185 g/mol. The Bertz CT molecular complexity index is 228. The van der Waals surface area contributed by atoms with Crippen molar-refractivity contribution in [3.63, 3.8) is 0 Å². The van der Waals surface area contributed by atoms with Gasteiger partial charge in [0, 0.05) is 6.42 Å². The molecule has 0 aromatic rings. The molecule has 0 radical (unpaired) electrons. The van der Waals surface area contributed by atoms with Gasteiger partial charge in [-0.3, -0.25) is 5.73 Å². The minimum atomic E-state index is -2.29. The van der Waals surface area contributed by atoms with Crippen LogP contribution < -0.4 is 5.73 Å². The number of hydrogen-bond acceptors (Lipinski definition) is 4. The summed E-state index contributed by atoms with van der Waals surface area (Å²) in [7, 11) is 0. The second kappa shape index (κ2) is 4.02. The summed E-state index contributed by atoms with van der Waals surface area (Å²) < 4.78 is 0. The highest BCUT2D eigenvalue weighted by Crippen LogP contribution is 2.19. The Morgan fingerprint density at radius 3 is 2.69 bits per heavy atom. The van der Waals surface area contributed by atoms with Gasteiger partial charge in [0.1, 0.15) is 0 Å². The van der Waals surface area contributed by atoms with E-state index in [1.54, 1.807) is 6.08 Å². The lowest BCUT2D eigenvalue weighted by atomic mass is 9.97. The molecule has 0 bridgehead atoms. The van der Waals surface area contributed by atoms with Crippen LogP contribution in [0.15, 0.2) is 23.8 Å². The summed E-state index contributed by atoms with van der Waals surface area (Å²) in [6.45, 7) is 0. The Labute approximate surface area is 77.0 Å². The molecule has 4 heteroatoms. The van der Waals surface area contributed by atoms with Gasteiger partial charge in [-0.15, -0.1) is 0 Å². The van der Waals surface area contributed by atoms with Crippen LogP contribution in [0.5, 0.6) is 0 Å². The first-order valence-electron chi connectivity index (χ1n) is 4.26. The van der Waals surface area contributed by atoms with Crippen LogP contribution in [0.4, 0.5) is 0 Å². The topological polar surface area (TPSA) is 86.7 Å². The second-order valence-corrected chi connectivity index (χ2v) is 3.31. The van der Waals surface area contributed by atoms with Crippen molar-refractivity contribution in [2.45, 2.75) is 31.3 Å². The van der Waals surface area contributed by atoms with Gasteiger partial charge in [0.05, 0.1) is 6.10 Å². The van der Waals surface area contributed by atoms with Crippen molar-refractivity contribution in [3.05, 3.63) is 23.8 Å². The van der Waals surface area contributed by atoms with Crippen molar-refractivity contribution in [2.24, 2.45) is 5.73 Å². The van der Waals surface area contributed by atoms with Gasteiger partial charge in [-0.25, -0.2) is 0 Å². The molecule has 0 aromatic carbocycles. The van der Waals surface area contributed by atoms with Gasteiger partial charge >= 0.3 is 0 Å². The van der Waals surface area contributed by atoms with Crippen LogP contribution >= 0.6 is 0 Å². The van der Waals surface area contributed by atoms with Crippen molar-refractivity contribution in [1.82, 2.24) is 0 Å². The number of aliphatic hydroxyl groups excluding tert-OH is 1. The second-order valence-electron chi connectivity index (χ2n) is 3.31. The summed E-state index contributed by atoms with van der Waals surface area (Å²) in [4.78, 5) is 0. The molecule has 0 aliphatic heterocycles. The summed E-state index contributed by atoms with van der Waals surface area (Å²) in [6, 6.07) is 0. The Morgan fingerprint density at radius 1 is 1.54 bits per heavy atom. The van der Waals surface area contributed by atoms with E-state index in [0.29, 0.717) is 0 Å². The summed E-state index contributed by atoms with van der Waals surface area (Å²) in [5.41, 5.74) is 5.74. The highest BCUT2D eigenvalue weighted by molar-refractivity contribution is 5.20. The summed E-state index contributed by atoms with van der Waals surface area (Å²) in [5, 5.41) is 27.2. The molecular weight excluding hydrogens is 170 g/mol. The maximum Gasteiger partial charge on any atom is 0.222 e. The van der Waals surface area contributed by atoms with Gasteiger partial charge in [-0.1, -0.05) is 18.2 Å². The highest BCUT2D eigenvalue weighted by Gasteiger charge is 2.23. The smallest absolute Gasteiger partial charge is 0.222 e. The molecule has 0 saturated heterocycles. The molecule has 0 spiro atoms. The van der Waals surface area contributed by atoms with E-state index in [1.165, 1.54) is 0 Å². The first-order valence-corrected chi connectivity index (χ1v) is 4.26. The third-order valence-electron chi connectivity index (χ3n) is 1.97. The zero-order chi connectivity index (χ0) is 9.90. The van der Waals surface area contributed by atoms with Gasteiger partial charge in [0.2, 0.25) is 5.91 Å². The molecule has 74 valence electrons. The fourth-order valence-electron chi connectivity index (χ4n) is 1.31. The van der Waals surface area contributed by atoms with Crippen molar-refractivity contribution < 1.29 is 15.3 Å². The molecule has 0 amide bonds. The zero-order valence-corrected chi connectivity index (χ0v) is 7.35. The molecule has 5 N–H and O–H groups in total. The average molecular weight is 185 g/mol. The van der Waals surface area contributed by atoms with E-state index in [0.717, 1.165) is 18.4 Å². The summed E-state index contributed by atoms with van der Waals surface area (Å²) in [5.74, 6) is -2.29. The van der Waals surface area contributed by atoms with E-state index in [4.69, 9.17) is 15.9 Å². The predicted octanol–water partition coefficient (Wildman–Crippen LogP) is -0.389. The van der Waals surface area contributed by atoms with Crippen molar-refractivity contribution >= 4 is 0 Å². The van der Waals surface area contributed by atoms with Crippen molar-refractivity contribution in [1.29, 1.82) is 0 Å². The maximum atomic E-state index is 9.51. The van der Waals surface area contributed by atoms with Gasteiger partial charge in [-0.2, -0.15) is 0 Å². The lowest BCUT2D eigenvalue weighted by Crippen LogP contribution is -2.42. The van der Waals surface area contributed by atoms with E-state index < -0.39 is 12.0 Å². The third kappa shape index (κ3) is 3.69. The van der Waals surface area contributed by atoms with Crippen LogP contribution in [-0.2, 0) is 0 Å². The van der Waals surface area contributed by atoms with Crippen LogP contribution in [0.1, 0.15) is 19.3 Å². The van der Waals surface area contributed by atoms with Gasteiger partial charge in [-0.05, 0) is 18.4 Å². The van der Waals surface area contributed by atoms with Crippen molar-refractivity contribution in [3.8, 4) is 0 Å². The average Bonchev–Trinajstić information content (AvgIpc) is 2.03. The van der Waals surface area contributed by atoms with Gasteiger partial charge in [0.25, 0.3) is 0 Å². The molecule has 0 fully saturated rings. The minimum Gasteiger partial charge on any atom is -0.388 e. The van der Waals surface area contributed by atoms with Crippen molar-refractivity contribution in [2.75, 3.05) is 0 Å². The number of hydrogen-bond donors (Lipinski definition) is 4. The highest BCUT2D eigenvalue weighted by atomic mass is 16.5. The standard InChI is InChI=1S/C9H15NO3/c10-9(12,13)6-8(11)7-4-2-1-3-5-7/h1-2,4,8,11-13H,3,5-6,10H2. The maximum absolute atomic E-state index is 9.51. The van der Waals surface area contributed by atoms with E-state index in [-0.39, 0.29) is 6.42 Å². The van der Waals surface area contributed by atoms with E-state index in [2.05, 4.69) is 0 Å². The van der Waals surface area contributed by atoms with Crippen LogP contribution in [-0.4, -0.2) is 27.3 Å². The molecule has 1 atom stereocenters. The van der Waals surface area contributed by atoms with Crippen LogP contribution in [0.25, 0.3) is 0 Å². The Kier molecular flexibility index (Phi) is 3.22. The molecule has 0 heterocycles. The predicted molar refractivity (Wildman–Crippen MR) is 48.4 cm³/mol. The van der Waals surface area contributed by atoms with Crippen LogP contribution in [0.3, 0.4) is 0 Å². The van der Waals surface area contributed by atoms with Crippen LogP contribution in [0, 0.1) is 0 Å². The summed E-state index contributed by atoms with van der Waals surface area (Å²) >= 11 is 0. The van der Waals surface area contributed by atoms with E-state index >= 15 is 0 Å². The quantitative estimate of drug-likeness (QED) is 0.451. The number of nitrogens with two attached hydrogens (primary N) is 1. The zero-order valence-electron chi connectivity index (χ0n) is 7.35. The molecule has 0 saturated carbocycles. The lowest BCUT2D eigenvalue weighted by molar-refractivity contribution is -0.172. The Balaban J connectivity index is 2.52. The van der Waals surface area contributed by atoms with Gasteiger partial charge < -0.3 is 15.3 Å². The van der Waals surface area contributed by atoms with E-state index in [1.807, 2.05) is 12.2 Å². The number of aliphatic hydroxyl groups is 3. The number of allylic oxidation sites excluding steroid dienone is 3. The molecule has 1 rings (SSSR count). The first kappa shape index (κ1) is 10.4. The Hall–Kier alpha value is -0.680. The largest absolute Gasteiger partial charge is 0.388 e. The molecule has 0 aromatic heterocycles. The lowest BCUT2D eigenvalue weighted by Gasteiger charge is -2.22. The third-order valence-corrected chi connectivity index (χ3v) is 1.97. The molecular formula is C9H15NO3. The fraction of sp³-hybridized carbons (Fsp3) is 0.556. The molecule has 13 heavy (non-hydrogen) atoms. The SMILES string of the molecule is NC(O)(O)CC(O)C1=CC=CCC1. The first-order chi connectivity index (χ1) is 5.99. The van der Waals surface area contributed by atoms with E-state index in [9.17, 15) is 5.11 Å². The normalized spacial score (nSPS) is 19.8. The molecule has 4 nitrogen and oxygen atoms in total. The summed E-state index contributed by atoms with van der Waals surface area (Å²) in [6.07, 6.45) is 6.10. The van der Waals surface area contributed by atoms with Crippen LogP contribution in [0.2, 0.25) is 0 Å². The fourth-order valence-corrected chi connectivity index (χ4v) is 1.31. The molecule has 1 unspecified atom stereocenters. The minimum absolute atomic E-state index is 0.257. The van der Waals surface area contributed by atoms with Gasteiger partial charge in [0.15, 0.2) is 0 Å². The Morgan fingerprint density at radius 2 is 2.23 bits per heavy atom.